The van der Waals surface area contributed by atoms with E-state index >= 15 is 0 Å². The number of amides is 1. The number of carbonyl (C=O) groups excluding carboxylic acids is 2. The molecule has 2 N–H and O–H groups in total. The Bertz CT molecular complexity index is 716. The molecule has 0 spiro atoms. The molecule has 23 heavy (non-hydrogen) atoms. The molecule has 0 radical (unpaired) electrons. The standard InChI is InChI=1S/C18H19ClN2O2/c1-13(22)15-8-4-6-10-17(15)20-18(23)12-21(2)11-14-7-3-5-9-16(14)19/h3-10H,11-12H2,1-2H3,(H,20,23)/p+1. The van der Waals surface area contributed by atoms with Crippen LogP contribution in [0.1, 0.15) is 22.8 Å². The van der Waals surface area contributed by atoms with Gasteiger partial charge in [-0.2, -0.15) is 0 Å². The summed E-state index contributed by atoms with van der Waals surface area (Å²) in [5.41, 5.74) is 2.07. The molecule has 0 aromatic heterocycles. The molecule has 0 saturated heterocycles. The van der Waals surface area contributed by atoms with Crippen LogP contribution >= 0.6 is 11.6 Å². The number of hydrogen-bond acceptors (Lipinski definition) is 2. The number of Topliss-reactive ketones (excluding diaryl/α,β-unsaturated/α-hetero) is 1. The predicted octanol–water partition coefficient (Wildman–Crippen LogP) is 2.20. The van der Waals surface area contributed by atoms with Crippen LogP contribution in [-0.4, -0.2) is 25.3 Å². The number of likely N-dealkylation sites (N-methyl/N-ethyl adjacent to an activating group) is 1. The molecule has 0 aliphatic carbocycles. The van der Waals surface area contributed by atoms with E-state index in [-0.39, 0.29) is 18.2 Å². The van der Waals surface area contributed by atoms with E-state index in [1.54, 1.807) is 24.3 Å². The number of carbonyl (C=O) groups is 2. The van der Waals surface area contributed by atoms with Gasteiger partial charge >= 0.3 is 0 Å². The zero-order valence-electron chi connectivity index (χ0n) is 13.2. The Morgan fingerprint density at radius 1 is 1.09 bits per heavy atom. The summed E-state index contributed by atoms with van der Waals surface area (Å²) in [7, 11) is 1.93. The summed E-state index contributed by atoms with van der Waals surface area (Å²) < 4.78 is 0. The lowest BCUT2D eigenvalue weighted by atomic mass is 10.1. The van der Waals surface area contributed by atoms with Crippen molar-refractivity contribution in [2.24, 2.45) is 0 Å². The molecule has 0 aliphatic rings. The summed E-state index contributed by atoms with van der Waals surface area (Å²) in [5.74, 6) is -0.207. The Labute approximate surface area is 141 Å². The first-order chi connectivity index (χ1) is 11.0. The van der Waals surface area contributed by atoms with E-state index in [0.29, 0.717) is 22.8 Å². The fourth-order valence-electron chi connectivity index (χ4n) is 2.40. The van der Waals surface area contributed by atoms with E-state index in [1.807, 2.05) is 31.3 Å². The van der Waals surface area contributed by atoms with Gasteiger partial charge in [-0.05, 0) is 25.1 Å². The second-order valence-corrected chi connectivity index (χ2v) is 5.96. The second kappa shape index (κ2) is 7.90. The van der Waals surface area contributed by atoms with Crippen molar-refractivity contribution in [1.29, 1.82) is 0 Å². The van der Waals surface area contributed by atoms with Crippen molar-refractivity contribution in [3.63, 3.8) is 0 Å². The number of hydrogen-bond donors (Lipinski definition) is 2. The van der Waals surface area contributed by atoms with Crippen LogP contribution < -0.4 is 10.2 Å². The highest BCUT2D eigenvalue weighted by molar-refractivity contribution is 6.31. The Morgan fingerprint density at radius 2 is 1.74 bits per heavy atom. The minimum absolute atomic E-state index is 0.0716. The largest absolute Gasteiger partial charge is 0.326 e. The summed E-state index contributed by atoms with van der Waals surface area (Å²) in [6.45, 7) is 2.43. The highest BCUT2D eigenvalue weighted by Gasteiger charge is 2.14. The molecule has 1 amide bonds. The minimum Gasteiger partial charge on any atom is -0.326 e. The lowest BCUT2D eigenvalue weighted by Crippen LogP contribution is -3.08. The van der Waals surface area contributed by atoms with Crippen LogP contribution in [0.25, 0.3) is 0 Å². The average molecular weight is 332 g/mol. The zero-order valence-corrected chi connectivity index (χ0v) is 14.0. The van der Waals surface area contributed by atoms with Gasteiger partial charge in [-0.15, -0.1) is 0 Å². The van der Waals surface area contributed by atoms with E-state index in [4.69, 9.17) is 11.6 Å². The van der Waals surface area contributed by atoms with Crippen LogP contribution in [0.15, 0.2) is 48.5 Å². The van der Waals surface area contributed by atoms with Gasteiger partial charge in [0.15, 0.2) is 12.3 Å². The summed E-state index contributed by atoms with van der Waals surface area (Å²) in [5, 5.41) is 3.51. The molecular formula is C18H20ClN2O2+. The molecule has 0 bridgehead atoms. The molecule has 0 saturated carbocycles. The van der Waals surface area contributed by atoms with E-state index < -0.39 is 0 Å². The molecular weight excluding hydrogens is 312 g/mol. The van der Waals surface area contributed by atoms with E-state index in [0.717, 1.165) is 10.5 Å². The van der Waals surface area contributed by atoms with E-state index in [1.165, 1.54) is 6.92 Å². The quantitative estimate of drug-likeness (QED) is 0.797. The third kappa shape index (κ3) is 4.91. The number of quaternary nitrogens is 1. The summed E-state index contributed by atoms with van der Waals surface area (Å²) in [4.78, 5) is 24.8. The predicted molar refractivity (Wildman–Crippen MR) is 92.0 cm³/mol. The van der Waals surface area contributed by atoms with Crippen LogP contribution in [0.5, 0.6) is 0 Å². The molecule has 0 fully saturated rings. The van der Waals surface area contributed by atoms with Crippen LogP contribution in [0.4, 0.5) is 5.69 Å². The van der Waals surface area contributed by atoms with Crippen molar-refractivity contribution < 1.29 is 14.5 Å². The van der Waals surface area contributed by atoms with Crippen LogP contribution in [0.2, 0.25) is 5.02 Å². The molecule has 0 aliphatic heterocycles. The van der Waals surface area contributed by atoms with E-state index in [9.17, 15) is 9.59 Å². The zero-order chi connectivity index (χ0) is 16.8. The first kappa shape index (κ1) is 17.2. The van der Waals surface area contributed by atoms with Gasteiger partial charge in [-0.1, -0.05) is 41.9 Å². The van der Waals surface area contributed by atoms with Crippen molar-refractivity contribution in [2.75, 3.05) is 18.9 Å². The maximum atomic E-state index is 12.2. The smallest absolute Gasteiger partial charge is 0.279 e. The SMILES string of the molecule is CC(=O)c1ccccc1NC(=O)C[NH+](C)Cc1ccccc1Cl. The van der Waals surface area contributed by atoms with Gasteiger partial charge in [0, 0.05) is 16.1 Å². The molecule has 1 atom stereocenters. The summed E-state index contributed by atoms with van der Waals surface area (Å²) in [6, 6.07) is 14.6. The van der Waals surface area contributed by atoms with Crippen molar-refractivity contribution in [3.05, 3.63) is 64.7 Å². The van der Waals surface area contributed by atoms with Gasteiger partial charge < -0.3 is 10.2 Å². The van der Waals surface area contributed by atoms with Crippen LogP contribution in [-0.2, 0) is 11.3 Å². The molecule has 120 valence electrons. The molecule has 1 unspecified atom stereocenters. The average Bonchev–Trinajstić information content (AvgIpc) is 2.49. The lowest BCUT2D eigenvalue weighted by molar-refractivity contribution is -0.885. The first-order valence-corrected chi connectivity index (χ1v) is 7.79. The third-order valence-electron chi connectivity index (χ3n) is 3.49. The monoisotopic (exact) mass is 331 g/mol. The third-order valence-corrected chi connectivity index (χ3v) is 3.86. The number of rotatable bonds is 6. The number of para-hydroxylation sites is 1. The number of benzene rings is 2. The Hall–Kier alpha value is -2.17. The van der Waals surface area contributed by atoms with Gasteiger partial charge in [-0.25, -0.2) is 0 Å². The number of halogens is 1. The van der Waals surface area contributed by atoms with Gasteiger partial charge in [0.25, 0.3) is 5.91 Å². The normalized spacial score (nSPS) is 11.8. The van der Waals surface area contributed by atoms with Gasteiger partial charge in [0.2, 0.25) is 0 Å². The van der Waals surface area contributed by atoms with Crippen LogP contribution in [0.3, 0.4) is 0 Å². The molecule has 2 rings (SSSR count). The highest BCUT2D eigenvalue weighted by atomic mass is 35.5. The second-order valence-electron chi connectivity index (χ2n) is 5.55. The van der Waals surface area contributed by atoms with E-state index in [2.05, 4.69) is 5.32 Å². The summed E-state index contributed by atoms with van der Waals surface area (Å²) in [6.07, 6.45) is 0. The van der Waals surface area contributed by atoms with Gasteiger partial charge in [0.1, 0.15) is 6.54 Å². The number of ketones is 1. The van der Waals surface area contributed by atoms with Crippen molar-refractivity contribution >= 4 is 29.0 Å². The minimum atomic E-state index is -0.136. The maximum absolute atomic E-state index is 12.2. The Balaban J connectivity index is 1.97. The van der Waals surface area contributed by atoms with Crippen molar-refractivity contribution in [2.45, 2.75) is 13.5 Å². The fourth-order valence-corrected chi connectivity index (χ4v) is 2.60. The topological polar surface area (TPSA) is 50.6 Å². The molecule has 0 heterocycles. The Kier molecular flexibility index (Phi) is 5.90. The highest BCUT2D eigenvalue weighted by Crippen LogP contribution is 2.15. The lowest BCUT2D eigenvalue weighted by Gasteiger charge is -2.15. The van der Waals surface area contributed by atoms with Gasteiger partial charge in [0.05, 0.1) is 12.7 Å². The molecule has 2 aromatic rings. The first-order valence-electron chi connectivity index (χ1n) is 7.42. The number of anilines is 1. The molecule has 4 nitrogen and oxygen atoms in total. The fraction of sp³-hybridized carbons (Fsp3) is 0.222. The van der Waals surface area contributed by atoms with Crippen LogP contribution in [0, 0.1) is 0 Å². The Morgan fingerprint density at radius 3 is 2.43 bits per heavy atom. The van der Waals surface area contributed by atoms with Crippen molar-refractivity contribution in [3.8, 4) is 0 Å². The van der Waals surface area contributed by atoms with Gasteiger partial charge in [-0.3, -0.25) is 9.59 Å². The summed E-state index contributed by atoms with van der Waals surface area (Å²) >= 11 is 6.14. The van der Waals surface area contributed by atoms with Crippen molar-refractivity contribution in [1.82, 2.24) is 0 Å². The number of nitrogens with one attached hydrogen (secondary N) is 2. The molecule has 2 aromatic carbocycles. The maximum Gasteiger partial charge on any atom is 0.279 e. The molecule has 5 heteroatoms.